The van der Waals surface area contributed by atoms with Gasteiger partial charge in [0.25, 0.3) is 0 Å². The number of hydrogen-bond donors (Lipinski definition) is 1. The zero-order valence-electron chi connectivity index (χ0n) is 25.7. The molecule has 1 aromatic carbocycles. The smallest absolute Gasteiger partial charge is 0.378 e. The van der Waals surface area contributed by atoms with Gasteiger partial charge in [-0.15, -0.1) is 5.10 Å². The molecular weight excluding hydrogens is 555 g/mol. The molecule has 4 heterocycles. The summed E-state index contributed by atoms with van der Waals surface area (Å²) in [5.41, 5.74) is 3.26. The van der Waals surface area contributed by atoms with Gasteiger partial charge in [0.1, 0.15) is 5.82 Å². The highest BCUT2D eigenvalue weighted by molar-refractivity contribution is 5.76. The third kappa shape index (κ3) is 7.04. The Morgan fingerprint density at radius 2 is 1.88 bits per heavy atom. The van der Waals surface area contributed by atoms with E-state index in [-0.39, 0.29) is 12.0 Å². The molecule has 1 fully saturated rings. The molecule has 1 unspecified atom stereocenters. The van der Waals surface area contributed by atoms with Crippen molar-refractivity contribution >= 4 is 11.5 Å². The fourth-order valence-electron chi connectivity index (χ4n) is 5.80. The van der Waals surface area contributed by atoms with Crippen LogP contribution in [-0.4, -0.2) is 68.9 Å². The van der Waals surface area contributed by atoms with E-state index in [0.29, 0.717) is 61.7 Å². The highest BCUT2D eigenvalue weighted by Gasteiger charge is 2.33. The summed E-state index contributed by atoms with van der Waals surface area (Å²) in [5, 5.41) is 5.07. The fraction of sp³-hybridized carbons (Fsp3) is 0.531. The number of nitrogens with one attached hydrogen (secondary N) is 1. The third-order valence-electron chi connectivity index (χ3n) is 8.21. The van der Waals surface area contributed by atoms with Crippen molar-refractivity contribution in [1.29, 1.82) is 0 Å². The quantitative estimate of drug-likeness (QED) is 0.216. The number of fused-ring (bicyclic) bond motifs is 1. The maximum absolute atomic E-state index is 13.9. The van der Waals surface area contributed by atoms with Crippen LogP contribution in [0.25, 0.3) is 17.0 Å². The van der Waals surface area contributed by atoms with Gasteiger partial charge in [-0.3, -0.25) is 4.90 Å². The number of aromatic nitrogens is 5. The molecule has 43 heavy (non-hydrogen) atoms. The first-order chi connectivity index (χ1) is 20.5. The maximum atomic E-state index is 13.9. The molecule has 11 heteroatoms. The molecule has 3 aromatic heterocycles. The molecule has 1 saturated heterocycles. The van der Waals surface area contributed by atoms with Crippen molar-refractivity contribution in [1.82, 2.24) is 29.5 Å². The van der Waals surface area contributed by atoms with E-state index in [1.54, 1.807) is 25.4 Å². The lowest BCUT2D eigenvalue weighted by Crippen LogP contribution is -2.37. The van der Waals surface area contributed by atoms with Gasteiger partial charge in [0.05, 0.1) is 35.7 Å². The van der Waals surface area contributed by atoms with Crippen molar-refractivity contribution in [3.8, 4) is 11.4 Å². The number of nitrogens with zero attached hydrogens (tertiary/aromatic N) is 6. The highest BCUT2D eigenvalue weighted by Crippen LogP contribution is 2.35. The number of benzene rings is 1. The van der Waals surface area contributed by atoms with Crippen molar-refractivity contribution in [3.05, 3.63) is 64.7 Å². The van der Waals surface area contributed by atoms with Crippen LogP contribution in [0.3, 0.4) is 0 Å². The number of H-pyrrole nitrogens is 1. The first-order valence-corrected chi connectivity index (χ1v) is 15.2. The first-order valence-electron chi connectivity index (χ1n) is 15.2. The molecule has 1 N–H and O–H groups in total. The van der Waals surface area contributed by atoms with Gasteiger partial charge in [-0.05, 0) is 42.0 Å². The SMILES string of the molecule is CCC(C)CN(Cc1nc2c(-c3ncc[nH]3)cc(N3CCOCC3)nn2c1Cc1cccc(C(F)(F)F)c1C)CC(C)C. The van der Waals surface area contributed by atoms with E-state index in [9.17, 15) is 13.2 Å². The zero-order valence-corrected chi connectivity index (χ0v) is 25.7. The number of ether oxygens (including phenoxy) is 1. The zero-order chi connectivity index (χ0) is 30.7. The number of morpholine rings is 1. The molecule has 0 aliphatic carbocycles. The van der Waals surface area contributed by atoms with Crippen molar-refractivity contribution in [2.45, 2.75) is 60.2 Å². The largest absolute Gasteiger partial charge is 0.416 e. The second-order valence-electron chi connectivity index (χ2n) is 12.1. The van der Waals surface area contributed by atoms with Gasteiger partial charge >= 0.3 is 6.18 Å². The Kier molecular flexibility index (Phi) is 9.41. The average molecular weight is 598 g/mol. The molecule has 0 radical (unpaired) electrons. The van der Waals surface area contributed by atoms with Crippen LogP contribution in [0.4, 0.5) is 19.0 Å². The normalized spacial score (nSPS) is 15.3. The van der Waals surface area contributed by atoms with Crippen LogP contribution >= 0.6 is 0 Å². The topological polar surface area (TPSA) is 74.6 Å². The number of alkyl halides is 3. The number of anilines is 1. The highest BCUT2D eigenvalue weighted by atomic mass is 19.4. The summed E-state index contributed by atoms with van der Waals surface area (Å²) in [5.74, 6) is 2.36. The van der Waals surface area contributed by atoms with Crippen molar-refractivity contribution in [3.63, 3.8) is 0 Å². The molecule has 8 nitrogen and oxygen atoms in total. The van der Waals surface area contributed by atoms with Crippen LogP contribution in [0.2, 0.25) is 0 Å². The number of imidazole rings is 2. The minimum Gasteiger partial charge on any atom is -0.378 e. The molecule has 0 saturated carbocycles. The standard InChI is InChI=1S/C32H42F3N7O/c1-6-22(4)19-40(18-21(2)3)20-27-28(16-24-8-7-9-26(23(24)5)32(33,34)35)42-31(38-27)25(30-36-10-11-37-30)17-29(39-42)41-12-14-43-15-13-41/h7-11,17,21-22H,6,12-16,18-20H2,1-5H3,(H,36,37). The van der Waals surface area contributed by atoms with E-state index in [0.717, 1.165) is 48.3 Å². The van der Waals surface area contributed by atoms with Crippen LogP contribution in [-0.2, 0) is 23.9 Å². The van der Waals surface area contributed by atoms with Crippen molar-refractivity contribution in [2.24, 2.45) is 11.8 Å². The summed E-state index contributed by atoms with van der Waals surface area (Å²) in [4.78, 5) is 17.5. The minimum atomic E-state index is -4.43. The van der Waals surface area contributed by atoms with Gasteiger partial charge in [-0.25, -0.2) is 14.5 Å². The van der Waals surface area contributed by atoms with E-state index >= 15 is 0 Å². The molecule has 4 aromatic rings. The Bertz CT molecular complexity index is 1510. The van der Waals surface area contributed by atoms with Crippen LogP contribution in [0, 0.1) is 18.8 Å². The number of hydrogen-bond acceptors (Lipinski definition) is 6. The summed E-state index contributed by atoms with van der Waals surface area (Å²) in [6.45, 7) is 15.3. The molecule has 0 bridgehead atoms. The summed E-state index contributed by atoms with van der Waals surface area (Å²) >= 11 is 0. The summed E-state index contributed by atoms with van der Waals surface area (Å²) in [7, 11) is 0. The second-order valence-corrected chi connectivity index (χ2v) is 12.1. The Hall–Kier alpha value is -3.44. The summed E-state index contributed by atoms with van der Waals surface area (Å²) in [6, 6.07) is 6.41. The van der Waals surface area contributed by atoms with Gasteiger partial charge < -0.3 is 14.6 Å². The average Bonchev–Trinajstić information content (AvgIpc) is 3.62. The lowest BCUT2D eigenvalue weighted by molar-refractivity contribution is -0.138. The van der Waals surface area contributed by atoms with Crippen LogP contribution in [0.15, 0.2) is 36.7 Å². The number of aromatic amines is 1. The van der Waals surface area contributed by atoms with E-state index in [4.69, 9.17) is 14.8 Å². The van der Waals surface area contributed by atoms with Gasteiger partial charge in [0, 0.05) is 51.5 Å². The van der Waals surface area contributed by atoms with E-state index < -0.39 is 11.7 Å². The van der Waals surface area contributed by atoms with Crippen LogP contribution in [0.1, 0.15) is 62.2 Å². The Labute approximate surface area is 251 Å². The van der Waals surface area contributed by atoms with Gasteiger partial charge in [0.2, 0.25) is 0 Å². The summed E-state index contributed by atoms with van der Waals surface area (Å²) in [6.07, 6.45) is 0.369. The summed E-state index contributed by atoms with van der Waals surface area (Å²) < 4.78 is 49.1. The Balaban J connectivity index is 1.70. The maximum Gasteiger partial charge on any atom is 0.416 e. The monoisotopic (exact) mass is 597 g/mol. The molecule has 0 spiro atoms. The van der Waals surface area contributed by atoms with Gasteiger partial charge in [0.15, 0.2) is 11.5 Å². The number of halogens is 3. The molecule has 0 amide bonds. The molecule has 5 rings (SSSR count). The molecular formula is C32H42F3N7O. The minimum absolute atomic E-state index is 0.227. The van der Waals surface area contributed by atoms with E-state index in [2.05, 4.69) is 47.5 Å². The lowest BCUT2D eigenvalue weighted by Gasteiger charge is -2.28. The van der Waals surface area contributed by atoms with Gasteiger partial charge in [-0.1, -0.05) is 46.2 Å². The lowest BCUT2D eigenvalue weighted by atomic mass is 9.97. The third-order valence-corrected chi connectivity index (χ3v) is 8.21. The van der Waals surface area contributed by atoms with Crippen molar-refractivity contribution in [2.75, 3.05) is 44.3 Å². The molecule has 1 aliphatic heterocycles. The van der Waals surface area contributed by atoms with E-state index in [1.165, 1.54) is 6.07 Å². The van der Waals surface area contributed by atoms with Gasteiger partial charge in [-0.2, -0.15) is 13.2 Å². The van der Waals surface area contributed by atoms with Crippen LogP contribution < -0.4 is 4.90 Å². The molecule has 232 valence electrons. The Morgan fingerprint density at radius 1 is 1.12 bits per heavy atom. The number of rotatable bonds is 11. The molecule has 1 aliphatic rings. The van der Waals surface area contributed by atoms with Crippen LogP contribution in [0.5, 0.6) is 0 Å². The Morgan fingerprint density at radius 3 is 2.53 bits per heavy atom. The fourth-order valence-corrected chi connectivity index (χ4v) is 5.80. The first kappa shape index (κ1) is 31.0. The predicted molar refractivity (Wildman–Crippen MR) is 162 cm³/mol. The molecule has 1 atom stereocenters. The van der Waals surface area contributed by atoms with Crippen molar-refractivity contribution < 1.29 is 17.9 Å². The van der Waals surface area contributed by atoms with E-state index in [1.807, 2.05) is 10.6 Å². The second kappa shape index (κ2) is 13.1. The predicted octanol–water partition coefficient (Wildman–Crippen LogP) is 6.38.